The number of hydrogen-bond donors (Lipinski definition) is 1. The quantitative estimate of drug-likeness (QED) is 0.712. The minimum Gasteiger partial charge on any atom is -0.352 e. The lowest BCUT2D eigenvalue weighted by atomic mass is 10.1. The maximum Gasteiger partial charge on any atom is 0.226 e. The molecule has 0 atom stereocenters. The highest BCUT2D eigenvalue weighted by Gasteiger charge is 2.23. The van der Waals surface area contributed by atoms with Gasteiger partial charge >= 0.3 is 0 Å². The molecule has 0 fully saturated rings. The van der Waals surface area contributed by atoms with Crippen LogP contribution in [0.4, 0.5) is 5.82 Å². The largest absolute Gasteiger partial charge is 0.352 e. The molecule has 0 saturated carbocycles. The zero-order valence-corrected chi connectivity index (χ0v) is 15.8. The lowest BCUT2D eigenvalue weighted by Gasteiger charge is -2.20. The van der Waals surface area contributed by atoms with Crippen LogP contribution in [0.3, 0.4) is 0 Å². The Labute approximate surface area is 158 Å². The summed E-state index contributed by atoms with van der Waals surface area (Å²) in [6.07, 6.45) is 4.32. The van der Waals surface area contributed by atoms with Crippen molar-refractivity contribution in [3.63, 3.8) is 0 Å². The van der Waals surface area contributed by atoms with E-state index in [4.69, 9.17) is 14.5 Å². The topological polar surface area (TPSA) is 92.9 Å². The second-order valence-corrected chi connectivity index (χ2v) is 7.20. The van der Waals surface area contributed by atoms with E-state index in [1.807, 2.05) is 19.2 Å². The monoisotopic (exact) mass is 365 g/mol. The Balaban J connectivity index is 1.62. The fourth-order valence-corrected chi connectivity index (χ4v) is 3.16. The summed E-state index contributed by atoms with van der Waals surface area (Å²) in [6.45, 7) is 6.29. The number of aromatic nitrogens is 5. The number of nitrogens with zero attached hydrogens (tertiary/aromatic N) is 6. The predicted molar refractivity (Wildman–Crippen MR) is 101 cm³/mol. The highest BCUT2D eigenvalue weighted by Crippen LogP contribution is 2.28. The van der Waals surface area contributed by atoms with Crippen molar-refractivity contribution < 1.29 is 4.52 Å². The first-order valence-electron chi connectivity index (χ1n) is 9.13. The number of anilines is 1. The molecule has 27 heavy (non-hydrogen) atoms. The normalized spacial score (nSPS) is 13.2. The Bertz CT molecular complexity index is 923. The minimum atomic E-state index is 0.481. The van der Waals surface area contributed by atoms with Gasteiger partial charge in [0.1, 0.15) is 5.82 Å². The standard InChI is InChI=1S/C19H23N7O/c1-12(2)7-17-23-16(25-27-17)11-26(3)19-14-9-21-10-15(14)22-18(24-19)13-5-4-6-20-8-13/h4-6,8,12,21H,7,9-11H2,1-3H3. The van der Waals surface area contributed by atoms with E-state index in [0.717, 1.165) is 42.1 Å². The van der Waals surface area contributed by atoms with Crippen molar-refractivity contribution in [1.29, 1.82) is 0 Å². The summed E-state index contributed by atoms with van der Waals surface area (Å²) in [7, 11) is 1.99. The smallest absolute Gasteiger partial charge is 0.226 e. The molecule has 1 aliphatic heterocycles. The molecule has 4 rings (SSSR count). The number of nitrogens with one attached hydrogen (secondary N) is 1. The number of pyridine rings is 1. The van der Waals surface area contributed by atoms with Crippen molar-refractivity contribution in [3.05, 3.63) is 47.5 Å². The van der Waals surface area contributed by atoms with E-state index < -0.39 is 0 Å². The molecule has 4 heterocycles. The van der Waals surface area contributed by atoms with E-state index in [-0.39, 0.29) is 0 Å². The van der Waals surface area contributed by atoms with Crippen molar-refractivity contribution in [2.75, 3.05) is 11.9 Å². The van der Waals surface area contributed by atoms with Gasteiger partial charge in [-0.2, -0.15) is 4.98 Å². The third kappa shape index (κ3) is 3.80. The van der Waals surface area contributed by atoms with Crippen LogP contribution >= 0.6 is 0 Å². The van der Waals surface area contributed by atoms with Gasteiger partial charge < -0.3 is 14.7 Å². The maximum atomic E-state index is 5.36. The van der Waals surface area contributed by atoms with E-state index >= 15 is 0 Å². The van der Waals surface area contributed by atoms with Gasteiger partial charge in [-0.15, -0.1) is 0 Å². The molecule has 0 unspecified atom stereocenters. The molecule has 0 saturated heterocycles. The van der Waals surface area contributed by atoms with E-state index in [0.29, 0.717) is 30.0 Å². The lowest BCUT2D eigenvalue weighted by Crippen LogP contribution is -2.21. The van der Waals surface area contributed by atoms with Gasteiger partial charge in [-0.3, -0.25) is 4.98 Å². The van der Waals surface area contributed by atoms with Gasteiger partial charge in [-0.1, -0.05) is 19.0 Å². The van der Waals surface area contributed by atoms with Crippen LogP contribution in [-0.2, 0) is 26.1 Å². The molecule has 8 heteroatoms. The predicted octanol–water partition coefficient (Wildman–Crippen LogP) is 2.36. The van der Waals surface area contributed by atoms with Crippen LogP contribution in [-0.4, -0.2) is 32.1 Å². The van der Waals surface area contributed by atoms with Gasteiger partial charge in [-0.25, -0.2) is 9.97 Å². The molecular weight excluding hydrogens is 342 g/mol. The van der Waals surface area contributed by atoms with Crippen molar-refractivity contribution in [3.8, 4) is 11.4 Å². The minimum absolute atomic E-state index is 0.481. The second-order valence-electron chi connectivity index (χ2n) is 7.20. The molecule has 1 aliphatic rings. The molecule has 3 aromatic heterocycles. The number of rotatable bonds is 6. The lowest BCUT2D eigenvalue weighted by molar-refractivity contribution is 0.358. The summed E-state index contributed by atoms with van der Waals surface area (Å²) in [4.78, 5) is 20.3. The highest BCUT2D eigenvalue weighted by molar-refractivity contribution is 5.60. The van der Waals surface area contributed by atoms with Crippen LogP contribution in [0, 0.1) is 5.92 Å². The first-order valence-corrected chi connectivity index (χ1v) is 9.13. The third-order valence-electron chi connectivity index (χ3n) is 4.42. The van der Waals surface area contributed by atoms with E-state index in [9.17, 15) is 0 Å². The van der Waals surface area contributed by atoms with Gasteiger partial charge in [0.2, 0.25) is 5.89 Å². The molecular formula is C19H23N7O. The molecule has 0 radical (unpaired) electrons. The Morgan fingerprint density at radius 3 is 2.89 bits per heavy atom. The fourth-order valence-electron chi connectivity index (χ4n) is 3.16. The molecule has 0 amide bonds. The molecule has 0 aliphatic carbocycles. The first kappa shape index (κ1) is 17.5. The average molecular weight is 365 g/mol. The van der Waals surface area contributed by atoms with Crippen LogP contribution in [0.25, 0.3) is 11.4 Å². The first-order chi connectivity index (χ1) is 13.1. The summed E-state index contributed by atoms with van der Waals surface area (Å²) < 4.78 is 5.36. The Kier molecular flexibility index (Phi) is 4.81. The van der Waals surface area contributed by atoms with Gasteiger partial charge in [-0.05, 0) is 18.1 Å². The molecule has 0 aromatic carbocycles. The Morgan fingerprint density at radius 2 is 2.11 bits per heavy atom. The fraction of sp³-hybridized carbons (Fsp3) is 0.421. The van der Waals surface area contributed by atoms with E-state index in [1.165, 1.54) is 0 Å². The van der Waals surface area contributed by atoms with Crippen molar-refractivity contribution in [1.82, 2.24) is 30.4 Å². The Hall–Kier alpha value is -2.87. The summed E-state index contributed by atoms with van der Waals surface area (Å²) in [5.74, 6) is 3.39. The van der Waals surface area contributed by atoms with Crippen LogP contribution < -0.4 is 10.2 Å². The van der Waals surface area contributed by atoms with Crippen molar-refractivity contribution in [2.45, 2.75) is 39.9 Å². The summed E-state index contributed by atoms with van der Waals surface area (Å²) >= 11 is 0. The molecule has 1 N–H and O–H groups in total. The zero-order valence-electron chi connectivity index (χ0n) is 15.8. The molecule has 0 spiro atoms. The van der Waals surface area contributed by atoms with Crippen LogP contribution in [0.1, 0.15) is 36.8 Å². The third-order valence-corrected chi connectivity index (χ3v) is 4.42. The highest BCUT2D eigenvalue weighted by atomic mass is 16.5. The van der Waals surface area contributed by atoms with Gasteiger partial charge in [0, 0.05) is 50.1 Å². The second kappa shape index (κ2) is 7.40. The Morgan fingerprint density at radius 1 is 1.22 bits per heavy atom. The van der Waals surface area contributed by atoms with Crippen molar-refractivity contribution in [2.24, 2.45) is 5.92 Å². The molecule has 140 valence electrons. The van der Waals surface area contributed by atoms with Crippen LogP contribution in [0.5, 0.6) is 0 Å². The number of hydrogen-bond acceptors (Lipinski definition) is 8. The molecule has 0 bridgehead atoms. The van der Waals surface area contributed by atoms with Gasteiger partial charge in [0.15, 0.2) is 11.6 Å². The summed E-state index contributed by atoms with van der Waals surface area (Å²) in [5.41, 5.74) is 3.05. The number of fused-ring (bicyclic) bond motifs is 1. The average Bonchev–Trinajstić information content (AvgIpc) is 3.30. The van der Waals surface area contributed by atoms with E-state index in [1.54, 1.807) is 12.4 Å². The SMILES string of the molecule is CC(C)Cc1nc(CN(C)c2nc(-c3cccnc3)nc3c2CNC3)no1. The van der Waals surface area contributed by atoms with Gasteiger partial charge in [0.05, 0.1) is 12.2 Å². The van der Waals surface area contributed by atoms with Crippen molar-refractivity contribution >= 4 is 5.82 Å². The van der Waals surface area contributed by atoms with Crippen LogP contribution in [0.2, 0.25) is 0 Å². The maximum absolute atomic E-state index is 5.36. The molecule has 8 nitrogen and oxygen atoms in total. The van der Waals surface area contributed by atoms with Crippen LogP contribution in [0.15, 0.2) is 29.0 Å². The van der Waals surface area contributed by atoms with Gasteiger partial charge in [0.25, 0.3) is 0 Å². The zero-order chi connectivity index (χ0) is 18.8. The summed E-state index contributed by atoms with van der Waals surface area (Å²) in [5, 5.41) is 7.47. The summed E-state index contributed by atoms with van der Waals surface area (Å²) in [6, 6.07) is 3.86. The van der Waals surface area contributed by atoms with E-state index in [2.05, 4.69) is 39.2 Å². The molecule has 3 aromatic rings.